The Bertz CT molecular complexity index is 721. The van der Waals surface area contributed by atoms with Crippen molar-refractivity contribution in [3.8, 4) is 5.75 Å². The highest BCUT2D eigenvalue weighted by Gasteiger charge is 2.13. The van der Waals surface area contributed by atoms with Gasteiger partial charge < -0.3 is 9.84 Å². The number of carbonyl (C=O) groups is 1. The summed E-state index contributed by atoms with van der Waals surface area (Å²) in [5.74, 6) is -0.582. The van der Waals surface area contributed by atoms with Crippen LogP contribution in [-0.4, -0.2) is 31.9 Å². The van der Waals surface area contributed by atoms with Crippen molar-refractivity contribution in [3.63, 3.8) is 0 Å². The molecule has 0 atom stereocenters. The van der Waals surface area contributed by atoms with Gasteiger partial charge in [-0.1, -0.05) is 30.3 Å². The number of sulfone groups is 1. The zero-order valence-corrected chi connectivity index (χ0v) is 12.6. The Morgan fingerprint density at radius 1 is 1.00 bits per heavy atom. The summed E-state index contributed by atoms with van der Waals surface area (Å²) in [6.07, 6.45) is 0.385. The minimum atomic E-state index is -3.30. The molecule has 5 nitrogen and oxygen atoms in total. The van der Waals surface area contributed by atoms with E-state index in [1.165, 1.54) is 0 Å². The minimum absolute atomic E-state index is 0.0202. The SMILES string of the molecule is O=C(O)COc1ccc(CCS(=O)(=O)c2ccccc2)cc1. The first kappa shape index (κ1) is 16.0. The smallest absolute Gasteiger partial charge is 0.341 e. The van der Waals surface area contributed by atoms with Gasteiger partial charge in [0.15, 0.2) is 16.4 Å². The second kappa shape index (κ2) is 7.09. The van der Waals surface area contributed by atoms with E-state index in [0.29, 0.717) is 17.1 Å². The van der Waals surface area contributed by atoms with Crippen molar-refractivity contribution in [1.29, 1.82) is 0 Å². The molecule has 0 aliphatic heterocycles. The van der Waals surface area contributed by atoms with Crippen molar-refractivity contribution in [1.82, 2.24) is 0 Å². The Morgan fingerprint density at radius 2 is 1.64 bits per heavy atom. The van der Waals surface area contributed by atoms with E-state index in [4.69, 9.17) is 9.84 Å². The quantitative estimate of drug-likeness (QED) is 0.845. The molecule has 2 aromatic rings. The van der Waals surface area contributed by atoms with Crippen molar-refractivity contribution in [2.45, 2.75) is 11.3 Å². The van der Waals surface area contributed by atoms with Crippen LogP contribution in [0.3, 0.4) is 0 Å². The third kappa shape index (κ3) is 4.60. The van der Waals surface area contributed by atoms with E-state index in [2.05, 4.69) is 0 Å². The van der Waals surface area contributed by atoms with Crippen molar-refractivity contribution in [2.75, 3.05) is 12.4 Å². The van der Waals surface area contributed by atoms with Crippen LogP contribution in [0.5, 0.6) is 5.75 Å². The Balaban J connectivity index is 1.96. The molecule has 0 heterocycles. The third-order valence-corrected chi connectivity index (χ3v) is 4.78. The summed E-state index contributed by atoms with van der Waals surface area (Å²) in [6, 6.07) is 15.1. The molecule has 0 unspecified atom stereocenters. The average Bonchev–Trinajstić information content (AvgIpc) is 2.53. The second-order valence-electron chi connectivity index (χ2n) is 4.71. The fourth-order valence-electron chi connectivity index (χ4n) is 1.90. The number of ether oxygens (including phenoxy) is 1. The third-order valence-electron chi connectivity index (χ3n) is 3.05. The summed E-state index contributed by atoms with van der Waals surface area (Å²) < 4.78 is 29.3. The van der Waals surface area contributed by atoms with Gasteiger partial charge in [0, 0.05) is 0 Å². The van der Waals surface area contributed by atoms with Crippen molar-refractivity contribution < 1.29 is 23.1 Å². The van der Waals surface area contributed by atoms with E-state index in [1.807, 2.05) is 0 Å². The van der Waals surface area contributed by atoms with Crippen molar-refractivity contribution >= 4 is 15.8 Å². The lowest BCUT2D eigenvalue weighted by Gasteiger charge is -2.06. The molecule has 0 radical (unpaired) electrons. The van der Waals surface area contributed by atoms with E-state index < -0.39 is 22.4 Å². The summed E-state index contributed by atoms with van der Waals surface area (Å²) in [7, 11) is -3.30. The van der Waals surface area contributed by atoms with Crippen LogP contribution in [0.1, 0.15) is 5.56 Å². The van der Waals surface area contributed by atoms with Gasteiger partial charge in [-0.2, -0.15) is 0 Å². The molecule has 2 aromatic carbocycles. The van der Waals surface area contributed by atoms with Gasteiger partial charge in [-0.25, -0.2) is 13.2 Å². The highest BCUT2D eigenvalue weighted by atomic mass is 32.2. The molecule has 0 aliphatic rings. The zero-order valence-electron chi connectivity index (χ0n) is 11.8. The molecule has 0 amide bonds. The summed E-state index contributed by atoms with van der Waals surface area (Å²) in [5, 5.41) is 8.52. The largest absolute Gasteiger partial charge is 0.482 e. The summed E-state index contributed by atoms with van der Waals surface area (Å²) in [6.45, 7) is -0.401. The van der Waals surface area contributed by atoms with Gasteiger partial charge in [0.25, 0.3) is 0 Å². The topological polar surface area (TPSA) is 80.7 Å². The fourth-order valence-corrected chi connectivity index (χ4v) is 3.21. The first-order valence-electron chi connectivity index (χ1n) is 6.69. The highest BCUT2D eigenvalue weighted by Crippen LogP contribution is 2.15. The molecule has 2 rings (SSSR count). The standard InChI is InChI=1S/C16H16O5S/c17-16(18)12-21-14-8-6-13(7-9-14)10-11-22(19,20)15-4-2-1-3-5-15/h1-9H,10-12H2,(H,17,18). The lowest BCUT2D eigenvalue weighted by atomic mass is 10.2. The number of aliphatic carboxylic acids is 1. The van der Waals surface area contributed by atoms with Gasteiger partial charge in [-0.05, 0) is 36.2 Å². The van der Waals surface area contributed by atoms with Crippen LogP contribution >= 0.6 is 0 Å². The summed E-state index contributed by atoms with van der Waals surface area (Å²) >= 11 is 0. The molecule has 0 spiro atoms. The number of benzene rings is 2. The summed E-state index contributed by atoms with van der Waals surface area (Å²) in [5.41, 5.74) is 0.849. The normalized spacial score (nSPS) is 11.1. The minimum Gasteiger partial charge on any atom is -0.482 e. The molecule has 0 fully saturated rings. The van der Waals surface area contributed by atoms with Crippen LogP contribution in [0.2, 0.25) is 0 Å². The van der Waals surface area contributed by atoms with Gasteiger partial charge in [0.05, 0.1) is 10.6 Å². The molecule has 0 saturated heterocycles. The van der Waals surface area contributed by atoms with Crippen molar-refractivity contribution in [2.24, 2.45) is 0 Å². The van der Waals surface area contributed by atoms with Crippen molar-refractivity contribution in [3.05, 3.63) is 60.2 Å². The van der Waals surface area contributed by atoms with E-state index in [0.717, 1.165) is 5.56 Å². The summed E-state index contributed by atoms with van der Waals surface area (Å²) in [4.78, 5) is 10.7. The Hall–Kier alpha value is -2.34. The Kier molecular flexibility index (Phi) is 5.16. The monoisotopic (exact) mass is 320 g/mol. The van der Waals surface area contributed by atoms with Crippen LogP contribution in [0.15, 0.2) is 59.5 Å². The molecule has 116 valence electrons. The van der Waals surface area contributed by atoms with Gasteiger partial charge in [0.2, 0.25) is 0 Å². The average molecular weight is 320 g/mol. The van der Waals surface area contributed by atoms with Gasteiger partial charge in [-0.15, -0.1) is 0 Å². The first-order chi connectivity index (χ1) is 10.5. The fraction of sp³-hybridized carbons (Fsp3) is 0.188. The molecule has 0 bridgehead atoms. The number of hydrogen-bond donors (Lipinski definition) is 1. The van der Waals surface area contributed by atoms with Crippen LogP contribution in [0, 0.1) is 0 Å². The highest BCUT2D eigenvalue weighted by molar-refractivity contribution is 7.91. The van der Waals surface area contributed by atoms with Gasteiger partial charge >= 0.3 is 5.97 Å². The maximum Gasteiger partial charge on any atom is 0.341 e. The van der Waals surface area contributed by atoms with Crippen LogP contribution in [0.4, 0.5) is 0 Å². The van der Waals surface area contributed by atoms with Crippen LogP contribution in [0.25, 0.3) is 0 Å². The van der Waals surface area contributed by atoms with Crippen LogP contribution in [-0.2, 0) is 21.1 Å². The zero-order chi connectivity index (χ0) is 16.0. The lowest BCUT2D eigenvalue weighted by Crippen LogP contribution is -2.10. The Labute approximate surface area is 129 Å². The molecule has 1 N–H and O–H groups in total. The number of aryl methyl sites for hydroxylation is 1. The van der Waals surface area contributed by atoms with Gasteiger partial charge in [0.1, 0.15) is 5.75 Å². The van der Waals surface area contributed by atoms with E-state index in [-0.39, 0.29) is 5.75 Å². The lowest BCUT2D eigenvalue weighted by molar-refractivity contribution is -0.139. The van der Waals surface area contributed by atoms with Crippen LogP contribution < -0.4 is 4.74 Å². The maximum atomic E-state index is 12.2. The van der Waals surface area contributed by atoms with E-state index >= 15 is 0 Å². The maximum absolute atomic E-state index is 12.2. The van der Waals surface area contributed by atoms with Gasteiger partial charge in [-0.3, -0.25) is 0 Å². The second-order valence-corrected chi connectivity index (χ2v) is 6.82. The molecular formula is C16H16O5S. The predicted octanol–water partition coefficient (Wildman–Crippen LogP) is 2.17. The molecule has 6 heteroatoms. The van der Waals surface area contributed by atoms with E-state index in [9.17, 15) is 13.2 Å². The number of carboxylic acids is 1. The molecule has 0 aromatic heterocycles. The molecule has 0 saturated carbocycles. The number of carboxylic acid groups (broad SMARTS) is 1. The molecule has 22 heavy (non-hydrogen) atoms. The molecule has 0 aliphatic carbocycles. The Morgan fingerprint density at radius 3 is 2.23 bits per heavy atom. The molecular weight excluding hydrogens is 304 g/mol. The van der Waals surface area contributed by atoms with E-state index in [1.54, 1.807) is 54.6 Å². The number of rotatable bonds is 7. The first-order valence-corrected chi connectivity index (χ1v) is 8.34. The number of hydrogen-bond acceptors (Lipinski definition) is 4. The predicted molar refractivity (Wildman–Crippen MR) is 81.8 cm³/mol.